The summed E-state index contributed by atoms with van der Waals surface area (Å²) in [6, 6.07) is 12.0. The van der Waals surface area contributed by atoms with Crippen LogP contribution < -0.4 is 10.1 Å². The molecule has 2 aromatic rings. The van der Waals surface area contributed by atoms with Gasteiger partial charge in [0.15, 0.2) is 6.61 Å². The quantitative estimate of drug-likeness (QED) is 0.582. The van der Waals surface area contributed by atoms with Crippen LogP contribution in [0, 0.1) is 0 Å². The molecule has 0 aliphatic heterocycles. The van der Waals surface area contributed by atoms with Gasteiger partial charge in [-0.15, -0.1) is 0 Å². The van der Waals surface area contributed by atoms with Gasteiger partial charge >= 0.3 is 0 Å². The molecular weight excluding hydrogens is 435 g/mol. The second-order valence-electron chi connectivity index (χ2n) is 8.36. The Hall–Kier alpha value is -2.24. The first-order valence-corrected chi connectivity index (χ1v) is 11.0. The average molecular weight is 465 g/mol. The van der Waals surface area contributed by atoms with Gasteiger partial charge in [0.1, 0.15) is 11.8 Å². The molecule has 1 N–H and O–H groups in total. The van der Waals surface area contributed by atoms with Crippen LogP contribution >= 0.6 is 23.2 Å². The number of carbonyl (C=O) groups excluding carboxylic acids is 2. The van der Waals surface area contributed by atoms with E-state index in [0.717, 1.165) is 5.56 Å². The molecule has 0 bridgehead atoms. The van der Waals surface area contributed by atoms with E-state index in [1.54, 1.807) is 25.1 Å². The van der Waals surface area contributed by atoms with Gasteiger partial charge in [-0.25, -0.2) is 0 Å². The molecule has 7 heteroatoms. The minimum atomic E-state index is -0.694. The first-order valence-electron chi connectivity index (χ1n) is 10.3. The molecule has 1 atom stereocenters. The number of rotatable bonds is 8. The Morgan fingerprint density at radius 2 is 1.81 bits per heavy atom. The first kappa shape index (κ1) is 25.0. The normalized spacial score (nSPS) is 12.2. The largest absolute Gasteiger partial charge is 0.483 e. The van der Waals surface area contributed by atoms with Crippen molar-refractivity contribution in [1.29, 1.82) is 0 Å². The number of hydrogen-bond acceptors (Lipinski definition) is 3. The van der Waals surface area contributed by atoms with E-state index in [1.807, 2.05) is 31.2 Å². The molecule has 0 radical (unpaired) electrons. The highest BCUT2D eigenvalue weighted by molar-refractivity contribution is 6.35. The Bertz CT molecular complexity index is 925. The average Bonchev–Trinajstić information content (AvgIpc) is 2.70. The monoisotopic (exact) mass is 464 g/mol. The van der Waals surface area contributed by atoms with Crippen molar-refractivity contribution in [2.45, 2.75) is 52.6 Å². The van der Waals surface area contributed by atoms with Crippen molar-refractivity contribution in [2.75, 3.05) is 13.2 Å². The third-order valence-corrected chi connectivity index (χ3v) is 5.51. The number of benzene rings is 2. The summed E-state index contributed by atoms with van der Waals surface area (Å²) in [4.78, 5) is 27.1. The third kappa shape index (κ3) is 6.88. The maximum atomic E-state index is 13.2. The Balaban J connectivity index is 2.25. The number of ether oxygens (including phenoxy) is 1. The molecule has 0 fully saturated rings. The summed E-state index contributed by atoms with van der Waals surface area (Å²) in [5, 5.41) is 3.71. The summed E-state index contributed by atoms with van der Waals surface area (Å²) in [7, 11) is 0. The number of likely N-dealkylation sites (N-methyl/N-ethyl adjacent to an activating group) is 1. The predicted octanol–water partition coefficient (Wildman–Crippen LogP) is 5.22. The van der Waals surface area contributed by atoms with Crippen molar-refractivity contribution in [3.8, 4) is 5.75 Å². The molecule has 0 aliphatic rings. The van der Waals surface area contributed by atoms with E-state index in [1.165, 1.54) is 4.90 Å². The number of halogens is 2. The SMILES string of the molecule is CCNC(=O)[C@@H](C)N(Cc1ccc(Cl)cc1Cl)C(=O)COc1ccccc1C(C)(C)C. The lowest BCUT2D eigenvalue weighted by molar-refractivity contribution is -0.142. The summed E-state index contributed by atoms with van der Waals surface area (Å²) in [5.74, 6) is 0.1000. The second-order valence-corrected chi connectivity index (χ2v) is 9.21. The molecule has 0 saturated heterocycles. The Morgan fingerprint density at radius 1 is 1.13 bits per heavy atom. The number of nitrogens with one attached hydrogen (secondary N) is 1. The second kappa shape index (κ2) is 10.9. The van der Waals surface area contributed by atoms with Crippen LogP contribution in [0.5, 0.6) is 5.75 Å². The molecule has 0 saturated carbocycles. The highest BCUT2D eigenvalue weighted by Crippen LogP contribution is 2.31. The standard InChI is InChI=1S/C24H30Cl2N2O3/c1-6-27-23(30)16(2)28(14-17-11-12-18(25)13-20(17)26)22(29)15-31-21-10-8-7-9-19(21)24(3,4)5/h7-13,16H,6,14-15H2,1-5H3,(H,27,30)/t16-/m1/s1. The lowest BCUT2D eigenvalue weighted by Crippen LogP contribution is -2.49. The Labute approximate surface area is 194 Å². The van der Waals surface area contributed by atoms with Crippen molar-refractivity contribution < 1.29 is 14.3 Å². The molecule has 2 rings (SSSR count). The van der Waals surface area contributed by atoms with Gasteiger partial charge in [0.05, 0.1) is 0 Å². The van der Waals surface area contributed by atoms with Gasteiger partial charge in [0, 0.05) is 23.1 Å². The zero-order chi connectivity index (χ0) is 23.2. The number of carbonyl (C=O) groups is 2. The number of para-hydroxylation sites is 1. The highest BCUT2D eigenvalue weighted by Gasteiger charge is 2.27. The maximum Gasteiger partial charge on any atom is 0.261 e. The van der Waals surface area contributed by atoms with Gasteiger partial charge in [0.25, 0.3) is 5.91 Å². The van der Waals surface area contributed by atoms with Gasteiger partial charge < -0.3 is 15.0 Å². The molecule has 168 valence electrons. The van der Waals surface area contributed by atoms with E-state index < -0.39 is 6.04 Å². The summed E-state index contributed by atoms with van der Waals surface area (Å²) in [6.45, 7) is 10.2. The fourth-order valence-electron chi connectivity index (χ4n) is 3.17. The van der Waals surface area contributed by atoms with E-state index >= 15 is 0 Å². The van der Waals surface area contributed by atoms with E-state index in [2.05, 4.69) is 26.1 Å². The lowest BCUT2D eigenvalue weighted by Gasteiger charge is -2.29. The molecule has 2 amide bonds. The lowest BCUT2D eigenvalue weighted by atomic mass is 9.86. The Kier molecular flexibility index (Phi) is 8.78. The molecule has 5 nitrogen and oxygen atoms in total. The maximum absolute atomic E-state index is 13.2. The summed E-state index contributed by atoms with van der Waals surface area (Å²) >= 11 is 12.3. The van der Waals surface area contributed by atoms with Crippen molar-refractivity contribution in [2.24, 2.45) is 0 Å². The summed E-state index contributed by atoms with van der Waals surface area (Å²) < 4.78 is 5.91. The topological polar surface area (TPSA) is 58.6 Å². The zero-order valence-corrected chi connectivity index (χ0v) is 20.2. The molecular formula is C24H30Cl2N2O3. The van der Waals surface area contributed by atoms with Crippen LogP contribution in [0.3, 0.4) is 0 Å². The predicted molar refractivity (Wildman–Crippen MR) is 126 cm³/mol. The van der Waals surface area contributed by atoms with Crippen LogP contribution in [-0.2, 0) is 21.5 Å². The van der Waals surface area contributed by atoms with Crippen LogP contribution in [0.1, 0.15) is 45.7 Å². The molecule has 0 aliphatic carbocycles. The van der Waals surface area contributed by atoms with Crippen molar-refractivity contribution >= 4 is 35.0 Å². The molecule has 0 aromatic heterocycles. The van der Waals surface area contributed by atoms with Gasteiger partial charge in [-0.1, -0.05) is 68.2 Å². The number of amides is 2. The van der Waals surface area contributed by atoms with Crippen molar-refractivity contribution in [1.82, 2.24) is 10.2 Å². The minimum Gasteiger partial charge on any atom is -0.483 e. The van der Waals surface area contributed by atoms with Crippen molar-refractivity contribution in [3.63, 3.8) is 0 Å². The highest BCUT2D eigenvalue weighted by atomic mass is 35.5. The summed E-state index contributed by atoms with van der Waals surface area (Å²) in [5.41, 5.74) is 1.57. The van der Waals surface area contributed by atoms with Gasteiger partial charge in [-0.05, 0) is 48.6 Å². The van der Waals surface area contributed by atoms with Crippen LogP contribution in [-0.4, -0.2) is 35.9 Å². The Morgan fingerprint density at radius 3 is 2.42 bits per heavy atom. The van der Waals surface area contributed by atoms with Gasteiger partial charge in [-0.3, -0.25) is 9.59 Å². The molecule has 31 heavy (non-hydrogen) atoms. The van der Waals surface area contributed by atoms with Gasteiger partial charge in [-0.2, -0.15) is 0 Å². The van der Waals surface area contributed by atoms with E-state index in [9.17, 15) is 9.59 Å². The number of nitrogens with zero attached hydrogens (tertiary/aromatic N) is 1. The fraction of sp³-hybridized carbons (Fsp3) is 0.417. The molecule has 0 spiro atoms. The van der Waals surface area contributed by atoms with E-state index in [4.69, 9.17) is 27.9 Å². The molecule has 0 heterocycles. The third-order valence-electron chi connectivity index (χ3n) is 4.92. The smallest absolute Gasteiger partial charge is 0.261 e. The molecule has 0 unspecified atom stereocenters. The minimum absolute atomic E-state index is 0.134. The van der Waals surface area contributed by atoms with Crippen LogP contribution in [0.25, 0.3) is 0 Å². The van der Waals surface area contributed by atoms with Crippen LogP contribution in [0.2, 0.25) is 10.0 Å². The molecule has 2 aromatic carbocycles. The van der Waals surface area contributed by atoms with E-state index in [-0.39, 0.29) is 30.4 Å². The number of hydrogen-bond donors (Lipinski definition) is 1. The zero-order valence-electron chi connectivity index (χ0n) is 18.7. The fourth-order valence-corrected chi connectivity index (χ4v) is 3.64. The van der Waals surface area contributed by atoms with Crippen LogP contribution in [0.15, 0.2) is 42.5 Å². The van der Waals surface area contributed by atoms with Gasteiger partial charge in [0.2, 0.25) is 5.91 Å². The van der Waals surface area contributed by atoms with Crippen molar-refractivity contribution in [3.05, 3.63) is 63.6 Å². The van der Waals surface area contributed by atoms with Crippen LogP contribution in [0.4, 0.5) is 0 Å². The summed E-state index contributed by atoms with van der Waals surface area (Å²) in [6.07, 6.45) is 0. The first-order chi connectivity index (χ1) is 14.5. The van der Waals surface area contributed by atoms with E-state index in [0.29, 0.717) is 27.9 Å².